The second kappa shape index (κ2) is 10.6. The Morgan fingerprint density at radius 2 is 1.87 bits per heavy atom. The van der Waals surface area contributed by atoms with Gasteiger partial charge in [0.2, 0.25) is 5.91 Å². The van der Waals surface area contributed by atoms with Crippen molar-refractivity contribution in [3.8, 4) is 0 Å². The molecule has 1 N–H and O–H groups in total. The van der Waals surface area contributed by atoms with E-state index < -0.39 is 17.7 Å². The van der Waals surface area contributed by atoms with Crippen LogP contribution in [-0.2, 0) is 11.0 Å². The summed E-state index contributed by atoms with van der Waals surface area (Å²) >= 11 is 1.27. The summed E-state index contributed by atoms with van der Waals surface area (Å²) in [6, 6.07) is 10.0. The number of alkyl halides is 3. The van der Waals surface area contributed by atoms with Gasteiger partial charge in [0.05, 0.1) is 12.1 Å². The highest BCUT2D eigenvalue weighted by molar-refractivity contribution is 7.21. The fourth-order valence-electron chi connectivity index (χ4n) is 5.41. The summed E-state index contributed by atoms with van der Waals surface area (Å²) in [5, 5.41) is 10.3. The monoisotopic (exact) mass is 558 g/mol. The van der Waals surface area contributed by atoms with Gasteiger partial charge in [-0.1, -0.05) is 24.3 Å². The molecule has 7 nitrogen and oxygen atoms in total. The molecule has 1 saturated heterocycles. The third kappa shape index (κ3) is 5.65. The molecule has 0 unspecified atom stereocenters. The zero-order valence-electron chi connectivity index (χ0n) is 21.6. The minimum absolute atomic E-state index is 0.0116. The summed E-state index contributed by atoms with van der Waals surface area (Å²) in [4.78, 5) is 34.9. The van der Waals surface area contributed by atoms with E-state index in [1.165, 1.54) is 17.4 Å². The number of carboxylic acids is 1. The SMILES string of the molecule is C[C@@H]1CN(c2ccc(C(F)(F)F)cn2)C[C@H](C)N1CC(=O)N1CC=C(c2cccc3cc(C(=O)O)sc23)CC1. The quantitative estimate of drug-likeness (QED) is 0.462. The molecule has 0 radical (unpaired) electrons. The molecule has 39 heavy (non-hydrogen) atoms. The number of carbonyl (C=O) groups is 2. The highest BCUT2D eigenvalue weighted by atomic mass is 32.1. The zero-order valence-corrected chi connectivity index (χ0v) is 22.4. The Hall–Kier alpha value is -3.44. The van der Waals surface area contributed by atoms with E-state index in [2.05, 4.69) is 16.0 Å². The Bertz CT molecular complexity index is 1410. The molecule has 2 aliphatic heterocycles. The number of aromatic nitrogens is 1. The number of rotatable bonds is 5. The Morgan fingerprint density at radius 3 is 2.46 bits per heavy atom. The summed E-state index contributed by atoms with van der Waals surface area (Å²) in [6.45, 7) is 6.48. The first-order valence-electron chi connectivity index (χ1n) is 12.8. The molecule has 1 fully saturated rings. The molecule has 0 spiro atoms. The number of hydrogen-bond donors (Lipinski definition) is 1. The Morgan fingerprint density at radius 1 is 1.13 bits per heavy atom. The first-order chi connectivity index (χ1) is 18.5. The highest BCUT2D eigenvalue weighted by Crippen LogP contribution is 2.35. The van der Waals surface area contributed by atoms with Crippen LogP contribution >= 0.6 is 11.3 Å². The third-order valence-corrected chi connectivity index (χ3v) is 8.65. The van der Waals surface area contributed by atoms with Crippen LogP contribution in [0.3, 0.4) is 0 Å². The molecule has 206 valence electrons. The fourth-order valence-corrected chi connectivity index (χ4v) is 6.46. The maximum absolute atomic E-state index is 13.2. The Kier molecular flexibility index (Phi) is 7.39. The second-order valence-electron chi connectivity index (χ2n) is 10.1. The third-order valence-electron chi connectivity index (χ3n) is 7.48. The molecular formula is C28H29F3N4O3S. The van der Waals surface area contributed by atoms with Crippen LogP contribution in [-0.4, -0.2) is 76.6 Å². The van der Waals surface area contributed by atoms with Gasteiger partial charge in [0, 0.05) is 49.2 Å². The van der Waals surface area contributed by atoms with Crippen molar-refractivity contribution in [2.24, 2.45) is 0 Å². The number of pyridine rings is 1. The van der Waals surface area contributed by atoms with Gasteiger partial charge in [-0.05, 0) is 55.0 Å². The molecule has 2 aliphatic rings. The number of amides is 1. The summed E-state index contributed by atoms with van der Waals surface area (Å²) in [5.41, 5.74) is 1.36. The van der Waals surface area contributed by atoms with E-state index in [4.69, 9.17) is 0 Å². The van der Waals surface area contributed by atoms with Crippen molar-refractivity contribution < 1.29 is 27.9 Å². The van der Waals surface area contributed by atoms with Crippen molar-refractivity contribution in [3.63, 3.8) is 0 Å². The van der Waals surface area contributed by atoms with Gasteiger partial charge in [0.15, 0.2) is 0 Å². The average Bonchev–Trinajstić information content (AvgIpc) is 3.35. The first-order valence-corrected chi connectivity index (χ1v) is 13.6. The molecule has 1 amide bonds. The lowest BCUT2D eigenvalue weighted by Gasteiger charge is -2.45. The predicted octanol–water partition coefficient (Wildman–Crippen LogP) is 5.23. The van der Waals surface area contributed by atoms with Crippen molar-refractivity contribution in [3.05, 3.63) is 64.7 Å². The van der Waals surface area contributed by atoms with E-state index in [1.807, 2.05) is 41.8 Å². The number of benzene rings is 1. The summed E-state index contributed by atoms with van der Waals surface area (Å²) in [5.74, 6) is -0.401. The number of piperazine rings is 1. The van der Waals surface area contributed by atoms with Crippen molar-refractivity contribution in [1.29, 1.82) is 0 Å². The predicted molar refractivity (Wildman–Crippen MR) is 145 cm³/mol. The van der Waals surface area contributed by atoms with Gasteiger partial charge in [-0.3, -0.25) is 9.69 Å². The Balaban J connectivity index is 1.21. The lowest BCUT2D eigenvalue weighted by molar-refractivity contribution is -0.137. The molecule has 2 aromatic heterocycles. The summed E-state index contributed by atoms with van der Waals surface area (Å²) in [6.07, 6.45) is -0.819. The molecular weight excluding hydrogens is 529 g/mol. The van der Waals surface area contributed by atoms with Crippen LogP contribution in [0, 0.1) is 0 Å². The second-order valence-corrected chi connectivity index (χ2v) is 11.2. The molecule has 2 atom stereocenters. The van der Waals surface area contributed by atoms with Crippen molar-refractivity contribution in [1.82, 2.24) is 14.8 Å². The summed E-state index contributed by atoms with van der Waals surface area (Å²) < 4.78 is 39.6. The van der Waals surface area contributed by atoms with Crippen LogP contribution < -0.4 is 4.90 Å². The van der Waals surface area contributed by atoms with Gasteiger partial charge in [0.25, 0.3) is 0 Å². The molecule has 11 heteroatoms. The van der Waals surface area contributed by atoms with E-state index >= 15 is 0 Å². The number of carbonyl (C=O) groups excluding carboxylic acids is 1. The number of fused-ring (bicyclic) bond motifs is 1. The normalized spacial score (nSPS) is 20.8. The van der Waals surface area contributed by atoms with E-state index in [-0.39, 0.29) is 24.5 Å². The number of halogens is 3. The molecule has 0 bridgehead atoms. The van der Waals surface area contributed by atoms with Crippen LogP contribution in [0.2, 0.25) is 0 Å². The van der Waals surface area contributed by atoms with Crippen molar-refractivity contribution >= 4 is 44.7 Å². The van der Waals surface area contributed by atoms with Crippen LogP contribution in [0.25, 0.3) is 15.7 Å². The largest absolute Gasteiger partial charge is 0.477 e. The van der Waals surface area contributed by atoms with Gasteiger partial charge in [-0.25, -0.2) is 9.78 Å². The summed E-state index contributed by atoms with van der Waals surface area (Å²) in [7, 11) is 0. The zero-order chi connectivity index (χ0) is 27.9. The number of carboxylic acid groups (broad SMARTS) is 1. The number of anilines is 1. The molecule has 0 aliphatic carbocycles. The fraction of sp³-hybridized carbons (Fsp3) is 0.393. The lowest BCUT2D eigenvalue weighted by atomic mass is 9.98. The number of hydrogen-bond acceptors (Lipinski definition) is 6. The molecule has 3 aromatic rings. The van der Waals surface area contributed by atoms with E-state index in [0.717, 1.165) is 33.5 Å². The minimum Gasteiger partial charge on any atom is -0.477 e. The van der Waals surface area contributed by atoms with Gasteiger partial charge < -0.3 is 14.9 Å². The van der Waals surface area contributed by atoms with Crippen LogP contribution in [0.4, 0.5) is 19.0 Å². The van der Waals surface area contributed by atoms with E-state index in [0.29, 0.717) is 43.3 Å². The maximum atomic E-state index is 13.2. The van der Waals surface area contributed by atoms with Gasteiger partial charge in [0.1, 0.15) is 10.7 Å². The molecule has 5 rings (SSSR count). The Labute approximate surface area is 228 Å². The lowest BCUT2D eigenvalue weighted by Crippen LogP contribution is -2.59. The molecule has 4 heterocycles. The number of nitrogens with zero attached hydrogens (tertiary/aromatic N) is 4. The van der Waals surface area contributed by atoms with Gasteiger partial charge in [-0.15, -0.1) is 11.3 Å². The van der Waals surface area contributed by atoms with Crippen LogP contribution in [0.1, 0.15) is 41.1 Å². The topological polar surface area (TPSA) is 77.0 Å². The smallest absolute Gasteiger partial charge is 0.417 e. The van der Waals surface area contributed by atoms with Crippen LogP contribution in [0.5, 0.6) is 0 Å². The number of aromatic carboxylic acids is 1. The van der Waals surface area contributed by atoms with E-state index in [9.17, 15) is 27.9 Å². The number of thiophene rings is 1. The van der Waals surface area contributed by atoms with Gasteiger partial charge in [-0.2, -0.15) is 13.2 Å². The molecule has 0 saturated carbocycles. The van der Waals surface area contributed by atoms with Gasteiger partial charge >= 0.3 is 12.1 Å². The highest BCUT2D eigenvalue weighted by Gasteiger charge is 2.34. The molecule has 1 aromatic carbocycles. The first kappa shape index (κ1) is 27.1. The maximum Gasteiger partial charge on any atom is 0.417 e. The average molecular weight is 559 g/mol. The minimum atomic E-state index is -4.42. The van der Waals surface area contributed by atoms with Crippen molar-refractivity contribution in [2.75, 3.05) is 37.6 Å². The van der Waals surface area contributed by atoms with Crippen molar-refractivity contribution in [2.45, 2.75) is 38.5 Å². The van der Waals surface area contributed by atoms with E-state index in [1.54, 1.807) is 6.07 Å². The standard InChI is InChI=1S/C28H29F3N4O3S/c1-17-14-34(24-7-6-21(13-32-24)28(29,30)31)15-18(2)35(17)16-25(36)33-10-8-19(9-11-33)22-5-3-4-20-12-23(27(37)38)39-26(20)22/h3-8,12-13,17-18H,9-11,14-16H2,1-2H3,(H,37,38)/t17-,18+. The van der Waals surface area contributed by atoms with Crippen LogP contribution in [0.15, 0.2) is 48.7 Å².